The molecule has 0 atom stereocenters. The molecule has 0 amide bonds. The van der Waals surface area contributed by atoms with Gasteiger partial charge in [-0.05, 0) is 20.3 Å². The van der Waals surface area contributed by atoms with Crippen molar-refractivity contribution in [3.05, 3.63) is 0 Å². The number of rotatable bonds is 6. The van der Waals surface area contributed by atoms with E-state index in [1.54, 1.807) is 13.8 Å². The lowest BCUT2D eigenvalue weighted by Crippen LogP contribution is -2.26. The SMILES string of the molecule is COC(C)(C)CC(=O)CCCC(F)(F)F. The minimum absolute atomic E-state index is 0.0354. The van der Waals surface area contributed by atoms with Crippen LogP contribution in [0.3, 0.4) is 0 Å². The largest absolute Gasteiger partial charge is 0.389 e. The van der Waals surface area contributed by atoms with Gasteiger partial charge in [0.05, 0.1) is 5.60 Å². The van der Waals surface area contributed by atoms with Gasteiger partial charge in [0.15, 0.2) is 0 Å². The molecule has 0 rings (SSSR count). The van der Waals surface area contributed by atoms with Crippen molar-refractivity contribution >= 4 is 5.78 Å². The second-order valence-electron chi connectivity index (χ2n) is 4.15. The van der Waals surface area contributed by atoms with Gasteiger partial charge in [-0.3, -0.25) is 4.79 Å². The zero-order chi connectivity index (χ0) is 12.1. The molecule has 0 aromatic rings. The van der Waals surface area contributed by atoms with Crippen LogP contribution in [-0.2, 0) is 9.53 Å². The van der Waals surface area contributed by atoms with Crippen LogP contribution in [0.15, 0.2) is 0 Å². The molecule has 0 aliphatic carbocycles. The summed E-state index contributed by atoms with van der Waals surface area (Å²) < 4.78 is 40.3. The van der Waals surface area contributed by atoms with Gasteiger partial charge >= 0.3 is 6.18 Å². The average molecular weight is 226 g/mol. The highest BCUT2D eigenvalue weighted by Gasteiger charge is 2.27. The number of alkyl halides is 3. The fraction of sp³-hybridized carbons (Fsp3) is 0.900. The third-order valence-electron chi connectivity index (χ3n) is 2.09. The topological polar surface area (TPSA) is 26.3 Å². The van der Waals surface area contributed by atoms with Crippen molar-refractivity contribution in [2.24, 2.45) is 0 Å². The van der Waals surface area contributed by atoms with Crippen molar-refractivity contribution in [1.29, 1.82) is 0 Å². The Bertz CT molecular complexity index is 209. The molecule has 0 saturated carbocycles. The van der Waals surface area contributed by atoms with E-state index in [4.69, 9.17) is 4.74 Å². The van der Waals surface area contributed by atoms with Gasteiger partial charge in [0.25, 0.3) is 0 Å². The molecule has 0 unspecified atom stereocenters. The molecule has 0 saturated heterocycles. The number of ether oxygens (including phenoxy) is 1. The van der Waals surface area contributed by atoms with E-state index in [1.165, 1.54) is 7.11 Å². The molecule has 90 valence electrons. The van der Waals surface area contributed by atoms with E-state index in [1.807, 2.05) is 0 Å². The summed E-state index contributed by atoms with van der Waals surface area (Å²) in [4.78, 5) is 11.3. The zero-order valence-electron chi connectivity index (χ0n) is 9.28. The van der Waals surface area contributed by atoms with Crippen molar-refractivity contribution < 1.29 is 22.7 Å². The first-order valence-corrected chi connectivity index (χ1v) is 4.80. The van der Waals surface area contributed by atoms with E-state index < -0.39 is 18.2 Å². The molecule has 2 nitrogen and oxygen atoms in total. The van der Waals surface area contributed by atoms with Gasteiger partial charge in [-0.25, -0.2) is 0 Å². The van der Waals surface area contributed by atoms with Crippen LogP contribution in [0, 0.1) is 0 Å². The molecule has 0 aliphatic heterocycles. The van der Waals surface area contributed by atoms with Crippen molar-refractivity contribution in [3.63, 3.8) is 0 Å². The van der Waals surface area contributed by atoms with Crippen molar-refractivity contribution in [3.8, 4) is 0 Å². The fourth-order valence-corrected chi connectivity index (χ4v) is 1.12. The van der Waals surface area contributed by atoms with E-state index in [-0.39, 0.29) is 25.0 Å². The van der Waals surface area contributed by atoms with E-state index >= 15 is 0 Å². The van der Waals surface area contributed by atoms with Crippen LogP contribution in [0.4, 0.5) is 13.2 Å². The smallest absolute Gasteiger partial charge is 0.378 e. The minimum Gasteiger partial charge on any atom is -0.378 e. The number of hydrogen-bond donors (Lipinski definition) is 0. The predicted molar refractivity (Wildman–Crippen MR) is 50.6 cm³/mol. The summed E-state index contributed by atoms with van der Waals surface area (Å²) in [6.07, 6.45) is -5.08. The van der Waals surface area contributed by atoms with Crippen LogP contribution in [0.2, 0.25) is 0 Å². The van der Waals surface area contributed by atoms with Crippen molar-refractivity contribution in [2.75, 3.05) is 7.11 Å². The van der Waals surface area contributed by atoms with Gasteiger partial charge in [0, 0.05) is 26.4 Å². The standard InChI is InChI=1S/C10H17F3O2/c1-9(2,15-3)7-8(14)5-4-6-10(11,12)13/h4-7H2,1-3H3. The molecule has 0 N–H and O–H groups in total. The van der Waals surface area contributed by atoms with Crippen LogP contribution < -0.4 is 0 Å². The third kappa shape index (κ3) is 8.42. The molecule has 5 heteroatoms. The van der Waals surface area contributed by atoms with Crippen LogP contribution in [-0.4, -0.2) is 24.7 Å². The molecule has 0 heterocycles. The molecule has 0 aromatic carbocycles. The summed E-state index contributed by atoms with van der Waals surface area (Å²) in [5.74, 6) is -0.189. The van der Waals surface area contributed by atoms with E-state index in [9.17, 15) is 18.0 Å². The monoisotopic (exact) mass is 226 g/mol. The molecule has 0 bridgehead atoms. The van der Waals surface area contributed by atoms with Crippen LogP contribution in [0.5, 0.6) is 0 Å². The Labute approximate surface area is 87.8 Å². The third-order valence-corrected chi connectivity index (χ3v) is 2.09. The maximum atomic E-state index is 11.8. The summed E-state index contributed by atoms with van der Waals surface area (Å²) in [6, 6.07) is 0. The quantitative estimate of drug-likeness (QED) is 0.695. The molecule has 0 fully saturated rings. The number of carbonyl (C=O) groups excluding carboxylic acids is 1. The zero-order valence-corrected chi connectivity index (χ0v) is 9.28. The molecule has 0 aliphatic rings. The average Bonchev–Trinajstić information content (AvgIpc) is 2.00. The van der Waals surface area contributed by atoms with E-state index in [0.717, 1.165) is 0 Å². The number of halogens is 3. The van der Waals surface area contributed by atoms with Crippen LogP contribution >= 0.6 is 0 Å². The van der Waals surface area contributed by atoms with E-state index in [0.29, 0.717) is 0 Å². The summed E-state index contributed by atoms with van der Waals surface area (Å²) in [7, 11) is 1.48. The lowest BCUT2D eigenvalue weighted by atomic mass is 9.99. The minimum atomic E-state index is -4.17. The van der Waals surface area contributed by atoms with Gasteiger partial charge in [0.1, 0.15) is 5.78 Å². The second kappa shape index (κ2) is 5.49. The highest BCUT2D eigenvalue weighted by Crippen LogP contribution is 2.23. The van der Waals surface area contributed by atoms with Gasteiger partial charge in [-0.15, -0.1) is 0 Å². The molecule has 0 radical (unpaired) electrons. The van der Waals surface area contributed by atoms with Gasteiger partial charge in [-0.1, -0.05) is 0 Å². The van der Waals surface area contributed by atoms with Crippen LogP contribution in [0.25, 0.3) is 0 Å². The van der Waals surface area contributed by atoms with E-state index in [2.05, 4.69) is 0 Å². The number of hydrogen-bond acceptors (Lipinski definition) is 2. The Balaban J connectivity index is 3.77. The lowest BCUT2D eigenvalue weighted by molar-refractivity contribution is -0.137. The summed E-state index contributed by atoms with van der Waals surface area (Å²) in [6.45, 7) is 3.46. The first-order chi connectivity index (χ1) is 6.66. The Morgan fingerprint density at radius 2 is 1.80 bits per heavy atom. The Kier molecular flexibility index (Phi) is 5.28. The Hall–Kier alpha value is -0.580. The van der Waals surface area contributed by atoms with Gasteiger partial charge < -0.3 is 4.74 Å². The first-order valence-electron chi connectivity index (χ1n) is 4.80. The highest BCUT2D eigenvalue weighted by atomic mass is 19.4. The Morgan fingerprint density at radius 3 is 2.20 bits per heavy atom. The van der Waals surface area contributed by atoms with Gasteiger partial charge in [-0.2, -0.15) is 13.2 Å². The number of methoxy groups -OCH3 is 1. The molecule has 15 heavy (non-hydrogen) atoms. The predicted octanol–water partition coefficient (Wildman–Crippen LogP) is 3.10. The second-order valence-corrected chi connectivity index (χ2v) is 4.15. The lowest BCUT2D eigenvalue weighted by Gasteiger charge is -2.21. The van der Waals surface area contributed by atoms with Gasteiger partial charge in [0.2, 0.25) is 0 Å². The first kappa shape index (κ1) is 14.4. The molecule has 0 aromatic heterocycles. The van der Waals surface area contributed by atoms with Crippen molar-refractivity contribution in [1.82, 2.24) is 0 Å². The maximum absolute atomic E-state index is 11.8. The number of Topliss-reactive ketones (excluding diaryl/α,β-unsaturated/α-hetero) is 1. The Morgan fingerprint density at radius 1 is 1.27 bits per heavy atom. The molecular weight excluding hydrogens is 209 g/mol. The normalized spacial score (nSPS) is 12.9. The highest BCUT2D eigenvalue weighted by molar-refractivity contribution is 5.79. The number of ketones is 1. The summed E-state index contributed by atoms with van der Waals surface area (Å²) >= 11 is 0. The fourth-order valence-electron chi connectivity index (χ4n) is 1.12. The van der Waals surface area contributed by atoms with Crippen LogP contribution in [0.1, 0.15) is 39.5 Å². The molecule has 0 spiro atoms. The van der Waals surface area contributed by atoms with Crippen molar-refractivity contribution in [2.45, 2.75) is 51.3 Å². The maximum Gasteiger partial charge on any atom is 0.389 e. The summed E-state index contributed by atoms with van der Waals surface area (Å²) in [5, 5.41) is 0. The summed E-state index contributed by atoms with van der Waals surface area (Å²) in [5.41, 5.74) is -0.588. The molecular formula is C10H17F3O2. The number of carbonyl (C=O) groups is 1.